The maximum atomic E-state index is 12.9. The molecule has 1 unspecified atom stereocenters. The van der Waals surface area contributed by atoms with E-state index < -0.39 is 0 Å². The van der Waals surface area contributed by atoms with E-state index in [-0.39, 0.29) is 17.9 Å². The molecule has 1 atom stereocenters. The summed E-state index contributed by atoms with van der Waals surface area (Å²) in [6, 6.07) is 14.6. The molecule has 0 aliphatic carbocycles. The van der Waals surface area contributed by atoms with Gasteiger partial charge in [-0.25, -0.2) is 0 Å². The molecule has 1 fully saturated rings. The molecule has 5 heteroatoms. The topological polar surface area (TPSA) is 58.6 Å². The van der Waals surface area contributed by atoms with Crippen molar-refractivity contribution in [3.8, 4) is 5.75 Å². The zero-order chi connectivity index (χ0) is 20.8. The molecule has 0 saturated carbocycles. The highest BCUT2D eigenvalue weighted by Crippen LogP contribution is 2.26. The molecule has 1 aliphatic rings. The molecule has 0 bridgehead atoms. The number of hydrogen-bond acceptors (Lipinski definition) is 3. The van der Waals surface area contributed by atoms with Crippen LogP contribution < -0.4 is 10.1 Å². The van der Waals surface area contributed by atoms with Crippen molar-refractivity contribution >= 4 is 17.5 Å². The second-order valence-electron chi connectivity index (χ2n) is 7.75. The van der Waals surface area contributed by atoms with E-state index in [0.717, 1.165) is 25.8 Å². The molecule has 154 valence electrons. The Morgan fingerprint density at radius 2 is 1.76 bits per heavy atom. The Balaban J connectivity index is 1.70. The third-order valence-electron chi connectivity index (χ3n) is 5.25. The maximum Gasteiger partial charge on any atom is 0.255 e. The van der Waals surface area contributed by atoms with Crippen molar-refractivity contribution in [2.75, 3.05) is 11.9 Å². The Morgan fingerprint density at radius 1 is 1.07 bits per heavy atom. The zero-order valence-corrected chi connectivity index (χ0v) is 17.5. The van der Waals surface area contributed by atoms with Crippen molar-refractivity contribution in [3.05, 3.63) is 59.7 Å². The highest BCUT2D eigenvalue weighted by atomic mass is 16.5. The molecular formula is C24H30N2O3. The van der Waals surface area contributed by atoms with Gasteiger partial charge in [-0.2, -0.15) is 0 Å². The molecule has 2 aromatic carbocycles. The van der Waals surface area contributed by atoms with E-state index in [1.54, 1.807) is 24.3 Å². The van der Waals surface area contributed by atoms with Gasteiger partial charge >= 0.3 is 0 Å². The van der Waals surface area contributed by atoms with Crippen molar-refractivity contribution in [2.45, 2.75) is 58.6 Å². The van der Waals surface area contributed by atoms with E-state index in [1.807, 2.05) is 43.0 Å². The van der Waals surface area contributed by atoms with Gasteiger partial charge in [-0.3, -0.25) is 9.59 Å². The molecule has 1 heterocycles. The van der Waals surface area contributed by atoms with Crippen LogP contribution in [-0.4, -0.2) is 35.4 Å². The van der Waals surface area contributed by atoms with Crippen molar-refractivity contribution < 1.29 is 14.3 Å². The minimum absolute atomic E-state index is 0.0140. The lowest BCUT2D eigenvalue weighted by Crippen LogP contribution is -2.43. The highest BCUT2D eigenvalue weighted by molar-refractivity contribution is 6.05. The Bertz CT molecular complexity index is 845. The average Bonchev–Trinajstić information content (AvgIpc) is 2.74. The Kier molecular flexibility index (Phi) is 6.91. The maximum absolute atomic E-state index is 12.9. The minimum atomic E-state index is -0.229. The third-order valence-corrected chi connectivity index (χ3v) is 5.25. The molecule has 1 N–H and O–H groups in total. The van der Waals surface area contributed by atoms with Crippen LogP contribution in [-0.2, 0) is 0 Å². The number of piperidine rings is 1. The van der Waals surface area contributed by atoms with E-state index in [4.69, 9.17) is 4.74 Å². The monoisotopic (exact) mass is 394 g/mol. The van der Waals surface area contributed by atoms with E-state index in [1.165, 1.54) is 6.42 Å². The van der Waals surface area contributed by atoms with Crippen LogP contribution in [0.5, 0.6) is 5.75 Å². The Hall–Kier alpha value is -2.82. The van der Waals surface area contributed by atoms with Gasteiger partial charge in [0.25, 0.3) is 11.8 Å². The molecule has 0 spiro atoms. The van der Waals surface area contributed by atoms with Crippen molar-refractivity contribution in [1.82, 2.24) is 4.90 Å². The first-order valence-electron chi connectivity index (χ1n) is 10.5. The van der Waals surface area contributed by atoms with Crippen LogP contribution in [0.2, 0.25) is 0 Å². The normalized spacial score (nSPS) is 16.6. The van der Waals surface area contributed by atoms with E-state index in [9.17, 15) is 9.59 Å². The van der Waals surface area contributed by atoms with Crippen LogP contribution >= 0.6 is 0 Å². The number of hydrogen-bond donors (Lipinski definition) is 1. The number of para-hydroxylation sites is 2. The summed E-state index contributed by atoms with van der Waals surface area (Å²) in [4.78, 5) is 27.6. The van der Waals surface area contributed by atoms with Crippen molar-refractivity contribution in [3.63, 3.8) is 0 Å². The fourth-order valence-corrected chi connectivity index (χ4v) is 3.74. The second-order valence-corrected chi connectivity index (χ2v) is 7.75. The van der Waals surface area contributed by atoms with Gasteiger partial charge in [-0.15, -0.1) is 0 Å². The van der Waals surface area contributed by atoms with Crippen molar-refractivity contribution in [2.24, 2.45) is 0 Å². The molecule has 0 radical (unpaired) electrons. The van der Waals surface area contributed by atoms with Gasteiger partial charge in [-0.1, -0.05) is 19.1 Å². The standard InChI is InChI=1S/C24H30N2O3/c1-4-20-9-7-8-16-26(20)24(28)19-14-12-18(13-15-19)23(27)25-21-10-5-6-11-22(21)29-17(2)3/h5-6,10-15,17,20H,4,7-9,16H2,1-3H3,(H,25,27). The summed E-state index contributed by atoms with van der Waals surface area (Å²) in [5, 5.41) is 2.90. The number of rotatable bonds is 6. The van der Waals surface area contributed by atoms with Crippen LogP contribution in [0.25, 0.3) is 0 Å². The summed E-state index contributed by atoms with van der Waals surface area (Å²) in [6.45, 7) is 6.83. The molecule has 29 heavy (non-hydrogen) atoms. The molecule has 1 aliphatic heterocycles. The third kappa shape index (κ3) is 5.17. The van der Waals surface area contributed by atoms with Crippen molar-refractivity contribution in [1.29, 1.82) is 0 Å². The number of ether oxygens (including phenoxy) is 1. The molecule has 2 amide bonds. The molecule has 0 aromatic heterocycles. The fourth-order valence-electron chi connectivity index (χ4n) is 3.74. The lowest BCUT2D eigenvalue weighted by atomic mass is 9.98. The Labute approximate surface area is 173 Å². The molecule has 3 rings (SSSR count). The summed E-state index contributed by atoms with van der Waals surface area (Å²) >= 11 is 0. The van der Waals surface area contributed by atoms with Gasteiger partial charge in [0.15, 0.2) is 0 Å². The molecule has 5 nitrogen and oxygen atoms in total. The molecule has 1 saturated heterocycles. The van der Waals surface area contributed by atoms with Crippen LogP contribution in [0.4, 0.5) is 5.69 Å². The van der Waals surface area contributed by atoms with Gasteiger partial charge < -0.3 is 15.0 Å². The van der Waals surface area contributed by atoms with Gasteiger partial charge in [0.2, 0.25) is 0 Å². The summed E-state index contributed by atoms with van der Waals surface area (Å²) in [5.74, 6) is 0.464. The quantitative estimate of drug-likeness (QED) is 0.739. The van der Waals surface area contributed by atoms with Gasteiger partial charge in [0.1, 0.15) is 5.75 Å². The lowest BCUT2D eigenvalue weighted by Gasteiger charge is -2.35. The predicted octanol–water partition coefficient (Wildman–Crippen LogP) is 5.13. The predicted molar refractivity (Wildman–Crippen MR) is 116 cm³/mol. The number of benzene rings is 2. The van der Waals surface area contributed by atoms with E-state index >= 15 is 0 Å². The molecule has 2 aromatic rings. The highest BCUT2D eigenvalue weighted by Gasteiger charge is 2.26. The molecular weight excluding hydrogens is 364 g/mol. The summed E-state index contributed by atoms with van der Waals surface area (Å²) in [6.07, 6.45) is 4.30. The average molecular weight is 395 g/mol. The number of likely N-dealkylation sites (tertiary alicyclic amines) is 1. The lowest BCUT2D eigenvalue weighted by molar-refractivity contribution is 0.0607. The summed E-state index contributed by atoms with van der Waals surface area (Å²) in [7, 11) is 0. The number of carbonyl (C=O) groups is 2. The Morgan fingerprint density at radius 3 is 2.45 bits per heavy atom. The number of anilines is 1. The number of nitrogens with zero attached hydrogens (tertiary/aromatic N) is 1. The van der Waals surface area contributed by atoms with Gasteiger partial charge in [0, 0.05) is 23.7 Å². The van der Waals surface area contributed by atoms with Gasteiger partial charge in [0.05, 0.1) is 11.8 Å². The smallest absolute Gasteiger partial charge is 0.255 e. The fraction of sp³-hybridized carbons (Fsp3) is 0.417. The van der Waals surface area contributed by atoms with Crippen LogP contribution in [0, 0.1) is 0 Å². The van der Waals surface area contributed by atoms with Gasteiger partial charge in [-0.05, 0) is 75.9 Å². The van der Waals surface area contributed by atoms with Crippen LogP contribution in [0.1, 0.15) is 67.2 Å². The number of nitrogens with one attached hydrogen (secondary N) is 1. The zero-order valence-electron chi connectivity index (χ0n) is 17.5. The summed E-state index contributed by atoms with van der Waals surface area (Å²) < 4.78 is 5.76. The largest absolute Gasteiger partial charge is 0.489 e. The minimum Gasteiger partial charge on any atom is -0.489 e. The van der Waals surface area contributed by atoms with Crippen LogP contribution in [0.3, 0.4) is 0 Å². The SMILES string of the molecule is CCC1CCCCN1C(=O)c1ccc(C(=O)Nc2ccccc2OC(C)C)cc1. The first-order valence-corrected chi connectivity index (χ1v) is 10.5. The van der Waals surface area contributed by atoms with E-state index in [0.29, 0.717) is 28.6 Å². The first-order chi connectivity index (χ1) is 14.0. The summed E-state index contributed by atoms with van der Waals surface area (Å²) in [5.41, 5.74) is 1.77. The first kappa shape index (κ1) is 20.9. The van der Waals surface area contributed by atoms with Crippen LogP contribution in [0.15, 0.2) is 48.5 Å². The van der Waals surface area contributed by atoms with E-state index in [2.05, 4.69) is 12.2 Å². The second kappa shape index (κ2) is 9.59. The number of amides is 2. The number of carbonyl (C=O) groups excluding carboxylic acids is 2.